The summed E-state index contributed by atoms with van der Waals surface area (Å²) in [6.45, 7) is 0.403. The zero-order valence-corrected chi connectivity index (χ0v) is 10.8. The molecule has 1 heterocycles. The third-order valence-electron chi connectivity index (χ3n) is 3.35. The Morgan fingerprint density at radius 1 is 1.47 bits per heavy atom. The Hall–Kier alpha value is -1.14. The monoisotopic (exact) mass is 271 g/mol. The minimum absolute atomic E-state index is 0.231. The predicted octanol–water partition coefficient (Wildman–Crippen LogP) is 1.36. The van der Waals surface area contributed by atoms with Crippen molar-refractivity contribution >= 4 is 0 Å². The van der Waals surface area contributed by atoms with E-state index in [1.165, 1.54) is 5.56 Å². The highest BCUT2D eigenvalue weighted by Gasteiger charge is 2.19. The van der Waals surface area contributed by atoms with Crippen LogP contribution in [0.1, 0.15) is 23.5 Å². The van der Waals surface area contributed by atoms with Crippen molar-refractivity contribution in [1.82, 2.24) is 9.97 Å². The number of ether oxygens (including phenoxy) is 1. The third-order valence-corrected chi connectivity index (χ3v) is 3.35. The molecule has 1 aromatic rings. The Balaban J connectivity index is 1.87. The van der Waals surface area contributed by atoms with Gasteiger partial charge in [0.05, 0.1) is 6.61 Å². The molecule has 1 atom stereocenters. The highest BCUT2D eigenvalue weighted by Crippen LogP contribution is 2.22. The number of halogens is 2. The molecular weight excluding hydrogens is 252 g/mol. The van der Waals surface area contributed by atoms with E-state index in [0.717, 1.165) is 25.0 Å². The fourth-order valence-corrected chi connectivity index (χ4v) is 2.28. The number of nitrogens with zero attached hydrogens (tertiary/aromatic N) is 2. The van der Waals surface area contributed by atoms with Gasteiger partial charge in [-0.05, 0) is 37.3 Å². The number of nitrogens with two attached hydrogens (primary N) is 1. The number of rotatable bonds is 6. The molecule has 0 saturated heterocycles. The van der Waals surface area contributed by atoms with Crippen molar-refractivity contribution in [2.24, 2.45) is 11.7 Å². The van der Waals surface area contributed by atoms with E-state index in [-0.39, 0.29) is 6.61 Å². The second-order valence-corrected chi connectivity index (χ2v) is 4.82. The van der Waals surface area contributed by atoms with E-state index in [1.807, 2.05) is 6.20 Å². The topological polar surface area (TPSA) is 61.0 Å². The molecule has 0 aliphatic heterocycles. The van der Waals surface area contributed by atoms with Crippen molar-refractivity contribution < 1.29 is 13.5 Å². The summed E-state index contributed by atoms with van der Waals surface area (Å²) in [6.07, 6.45) is 2.81. The highest BCUT2D eigenvalue weighted by atomic mass is 19.3. The molecule has 0 bridgehead atoms. The summed E-state index contributed by atoms with van der Waals surface area (Å²) in [5.74, 6) is 1.19. The van der Waals surface area contributed by atoms with Crippen LogP contribution in [0.4, 0.5) is 8.78 Å². The molecule has 1 aromatic heterocycles. The lowest BCUT2D eigenvalue weighted by Gasteiger charge is -2.22. The molecule has 1 unspecified atom stereocenters. The quantitative estimate of drug-likeness (QED) is 0.794. The molecule has 0 aromatic carbocycles. The lowest BCUT2D eigenvalue weighted by Crippen LogP contribution is -2.23. The first kappa shape index (κ1) is 14.3. The second-order valence-electron chi connectivity index (χ2n) is 4.82. The molecule has 2 rings (SSSR count). The lowest BCUT2D eigenvalue weighted by molar-refractivity contribution is 0.0182. The molecule has 1 aliphatic rings. The maximum atomic E-state index is 11.9. The minimum Gasteiger partial charge on any atom is -0.375 e. The van der Waals surface area contributed by atoms with Gasteiger partial charge in [-0.3, -0.25) is 0 Å². The first-order valence-electron chi connectivity index (χ1n) is 6.58. The van der Waals surface area contributed by atoms with Gasteiger partial charge in [-0.15, -0.1) is 0 Å². The van der Waals surface area contributed by atoms with Crippen LogP contribution in [0.3, 0.4) is 0 Å². The average molecular weight is 271 g/mol. The maximum Gasteiger partial charge on any atom is 0.261 e. The number of alkyl halides is 2. The van der Waals surface area contributed by atoms with Crippen molar-refractivity contribution in [2.75, 3.05) is 19.8 Å². The second kappa shape index (κ2) is 6.86. The van der Waals surface area contributed by atoms with Gasteiger partial charge in [0, 0.05) is 18.3 Å². The van der Waals surface area contributed by atoms with Crippen LogP contribution in [0, 0.1) is 5.92 Å². The van der Waals surface area contributed by atoms with Crippen molar-refractivity contribution in [1.29, 1.82) is 0 Å². The Morgan fingerprint density at radius 2 is 2.32 bits per heavy atom. The molecule has 0 fully saturated rings. The molecule has 4 nitrogen and oxygen atoms in total. The van der Waals surface area contributed by atoms with E-state index in [0.29, 0.717) is 24.7 Å². The summed E-state index contributed by atoms with van der Waals surface area (Å²) >= 11 is 0. The van der Waals surface area contributed by atoms with Gasteiger partial charge in [0.15, 0.2) is 0 Å². The molecule has 2 N–H and O–H groups in total. The number of hydrogen-bond acceptors (Lipinski definition) is 4. The molecule has 0 spiro atoms. The largest absolute Gasteiger partial charge is 0.375 e. The Kier molecular flexibility index (Phi) is 5.15. The van der Waals surface area contributed by atoms with Crippen LogP contribution >= 0.6 is 0 Å². The number of fused-ring (bicyclic) bond motifs is 1. The van der Waals surface area contributed by atoms with Crippen LogP contribution in [0.2, 0.25) is 0 Å². The highest BCUT2D eigenvalue weighted by molar-refractivity contribution is 5.21. The summed E-state index contributed by atoms with van der Waals surface area (Å²) in [6, 6.07) is 0. The smallest absolute Gasteiger partial charge is 0.261 e. The van der Waals surface area contributed by atoms with Gasteiger partial charge in [-0.1, -0.05) is 0 Å². The molecular formula is C13H19F2N3O. The predicted molar refractivity (Wildman–Crippen MR) is 67.1 cm³/mol. The van der Waals surface area contributed by atoms with E-state index in [4.69, 9.17) is 10.5 Å². The van der Waals surface area contributed by atoms with Gasteiger partial charge in [-0.2, -0.15) is 0 Å². The summed E-state index contributed by atoms with van der Waals surface area (Å²) in [7, 11) is 0. The number of aromatic nitrogens is 2. The zero-order chi connectivity index (χ0) is 13.7. The Morgan fingerprint density at radius 3 is 3.05 bits per heavy atom. The van der Waals surface area contributed by atoms with Crippen LogP contribution in [0.25, 0.3) is 0 Å². The first-order valence-corrected chi connectivity index (χ1v) is 6.58. The Labute approximate surface area is 111 Å². The van der Waals surface area contributed by atoms with E-state index in [9.17, 15) is 8.78 Å². The number of hydrogen-bond donors (Lipinski definition) is 1. The summed E-state index contributed by atoms with van der Waals surface area (Å²) in [5.41, 5.74) is 7.92. The fraction of sp³-hybridized carbons (Fsp3) is 0.692. The van der Waals surface area contributed by atoms with Gasteiger partial charge < -0.3 is 10.5 Å². The molecule has 0 radical (unpaired) electrons. The van der Waals surface area contributed by atoms with E-state index in [2.05, 4.69) is 9.97 Å². The van der Waals surface area contributed by atoms with Crippen molar-refractivity contribution in [2.45, 2.75) is 32.1 Å². The van der Waals surface area contributed by atoms with Gasteiger partial charge in [0.25, 0.3) is 6.43 Å². The summed E-state index contributed by atoms with van der Waals surface area (Å²) in [5, 5.41) is 0. The SMILES string of the molecule is NCC1CCc2nc(CCOCC(F)F)ncc2C1. The molecule has 0 saturated carbocycles. The van der Waals surface area contributed by atoms with Crippen LogP contribution in [0.15, 0.2) is 6.20 Å². The van der Waals surface area contributed by atoms with Crippen LogP contribution in [-0.4, -0.2) is 36.2 Å². The standard InChI is InChI=1S/C13H19F2N3O/c14-12(15)8-19-4-3-13-17-7-10-5-9(6-16)1-2-11(10)18-13/h7,9,12H,1-6,8,16H2. The molecule has 0 amide bonds. The van der Waals surface area contributed by atoms with Crippen molar-refractivity contribution in [3.63, 3.8) is 0 Å². The van der Waals surface area contributed by atoms with Crippen molar-refractivity contribution in [3.05, 3.63) is 23.3 Å². The van der Waals surface area contributed by atoms with Crippen LogP contribution < -0.4 is 5.73 Å². The molecule has 6 heteroatoms. The van der Waals surface area contributed by atoms with Crippen LogP contribution in [-0.2, 0) is 24.0 Å². The normalized spacial score (nSPS) is 18.6. The third kappa shape index (κ3) is 4.18. The van der Waals surface area contributed by atoms with Crippen LogP contribution in [0.5, 0.6) is 0 Å². The first-order chi connectivity index (χ1) is 9.19. The summed E-state index contributed by atoms with van der Waals surface area (Å²) < 4.78 is 28.6. The van der Waals surface area contributed by atoms with Gasteiger partial charge in [0.1, 0.15) is 12.4 Å². The molecule has 1 aliphatic carbocycles. The van der Waals surface area contributed by atoms with E-state index >= 15 is 0 Å². The number of aryl methyl sites for hydroxylation is 1. The fourth-order valence-electron chi connectivity index (χ4n) is 2.28. The molecule has 106 valence electrons. The minimum atomic E-state index is -2.42. The van der Waals surface area contributed by atoms with Gasteiger partial charge in [-0.25, -0.2) is 18.7 Å². The lowest BCUT2D eigenvalue weighted by atomic mass is 9.87. The van der Waals surface area contributed by atoms with Gasteiger partial charge in [0.2, 0.25) is 0 Å². The van der Waals surface area contributed by atoms with Gasteiger partial charge >= 0.3 is 0 Å². The average Bonchev–Trinajstić information content (AvgIpc) is 2.42. The Bertz CT molecular complexity index is 415. The van der Waals surface area contributed by atoms with Crippen molar-refractivity contribution in [3.8, 4) is 0 Å². The summed E-state index contributed by atoms with van der Waals surface area (Å²) in [4.78, 5) is 8.74. The zero-order valence-electron chi connectivity index (χ0n) is 10.8. The van der Waals surface area contributed by atoms with E-state index in [1.54, 1.807) is 0 Å². The molecule has 19 heavy (non-hydrogen) atoms. The maximum absolute atomic E-state index is 11.9. The van der Waals surface area contributed by atoms with E-state index < -0.39 is 13.0 Å².